The number of hydrogen-bond donors (Lipinski definition) is 0. The van der Waals surface area contributed by atoms with Crippen LogP contribution in [0.25, 0.3) is 0 Å². The highest BCUT2D eigenvalue weighted by Crippen LogP contribution is 2.23. The van der Waals surface area contributed by atoms with Crippen LogP contribution in [-0.4, -0.2) is 31.5 Å². The lowest BCUT2D eigenvalue weighted by Gasteiger charge is -2.35. The second-order valence-corrected chi connectivity index (χ2v) is 15.6. The number of rotatable bonds is 14. The zero-order valence-electron chi connectivity index (χ0n) is 26.1. The van der Waals surface area contributed by atoms with Crippen LogP contribution in [0.2, 0.25) is 0 Å². The van der Waals surface area contributed by atoms with Gasteiger partial charge in [-0.1, -0.05) is 153 Å². The molecule has 0 saturated carbocycles. The number of hydrogen-bond acceptors (Lipinski definition) is 2. The Hall–Kier alpha value is -4.61. The van der Waals surface area contributed by atoms with Gasteiger partial charge >= 0.3 is 0 Å². The number of unbranched alkanes of at least 4 members (excludes halogenated alkanes) is 2. The number of aromatic nitrogens is 2. The van der Waals surface area contributed by atoms with E-state index >= 15 is 0 Å². The maximum Gasteiger partial charge on any atom is 0.217 e. The first-order chi connectivity index (χ1) is 22.3. The predicted octanol–water partition coefficient (Wildman–Crippen LogP) is 6.01. The molecular formula is C40H41BN2OSi. The Morgan fingerprint density at radius 2 is 1.16 bits per heavy atom. The molecule has 6 rings (SSSR count). The van der Waals surface area contributed by atoms with E-state index in [-0.39, 0.29) is 5.82 Å². The lowest BCUT2D eigenvalue weighted by Crippen LogP contribution is -2.70. The molecule has 5 heteroatoms. The Morgan fingerprint density at radius 1 is 0.644 bits per heavy atom. The molecule has 0 N–H and O–H groups in total. The van der Waals surface area contributed by atoms with Crippen molar-refractivity contribution in [3.63, 3.8) is 0 Å². The van der Waals surface area contributed by atoms with E-state index in [4.69, 9.17) is 9.72 Å². The molecular weight excluding hydrogens is 563 g/mol. The van der Waals surface area contributed by atoms with Crippen LogP contribution < -0.4 is 26.0 Å². The molecule has 0 atom stereocenters. The van der Waals surface area contributed by atoms with Gasteiger partial charge in [0, 0.05) is 18.6 Å². The van der Waals surface area contributed by atoms with E-state index in [1.807, 2.05) is 6.20 Å². The molecule has 0 aliphatic rings. The van der Waals surface area contributed by atoms with Crippen molar-refractivity contribution >= 4 is 36.6 Å². The third-order valence-electron chi connectivity index (χ3n) is 8.90. The van der Waals surface area contributed by atoms with Crippen molar-refractivity contribution in [3.05, 3.63) is 169 Å². The molecule has 0 amide bonds. The molecule has 0 unspecified atom stereocenters. The van der Waals surface area contributed by atoms with E-state index in [1.54, 1.807) is 0 Å². The highest BCUT2D eigenvalue weighted by Gasteiger charge is 2.40. The van der Waals surface area contributed by atoms with Gasteiger partial charge in [-0.2, -0.15) is 0 Å². The van der Waals surface area contributed by atoms with Gasteiger partial charge in [0.05, 0.1) is 12.3 Å². The molecule has 3 nitrogen and oxygen atoms in total. The fourth-order valence-electron chi connectivity index (χ4n) is 6.51. The SMILES string of the molecule is CCCCCOc1ccc([Si](Cn2ccnc2BC(c2ccccc2)c2ccccc2)(c2ccccc2)c2ccccc2)cc1. The number of nitrogens with zero attached hydrogens (tertiary/aromatic N) is 2. The third-order valence-corrected chi connectivity index (χ3v) is 13.7. The van der Waals surface area contributed by atoms with Crippen molar-refractivity contribution in [3.8, 4) is 5.75 Å². The molecule has 0 aliphatic heterocycles. The largest absolute Gasteiger partial charge is 0.494 e. The maximum absolute atomic E-state index is 6.14. The quantitative estimate of drug-likeness (QED) is 0.0865. The summed E-state index contributed by atoms with van der Waals surface area (Å²) >= 11 is 0. The minimum atomic E-state index is -2.57. The average molecular weight is 605 g/mol. The van der Waals surface area contributed by atoms with Crippen LogP contribution >= 0.6 is 0 Å². The fourth-order valence-corrected chi connectivity index (χ4v) is 11.1. The van der Waals surface area contributed by atoms with Gasteiger partial charge in [-0.05, 0) is 51.1 Å². The Balaban J connectivity index is 1.42. The van der Waals surface area contributed by atoms with Gasteiger partial charge in [0.25, 0.3) is 0 Å². The summed E-state index contributed by atoms with van der Waals surface area (Å²) in [5.74, 6) is 1.15. The van der Waals surface area contributed by atoms with E-state index in [9.17, 15) is 0 Å². The lowest BCUT2D eigenvalue weighted by molar-refractivity contribution is 0.306. The fraction of sp³-hybridized carbons (Fsp3) is 0.175. The van der Waals surface area contributed by atoms with Crippen molar-refractivity contribution in [1.29, 1.82) is 0 Å². The molecule has 1 heterocycles. The van der Waals surface area contributed by atoms with Crippen LogP contribution in [0, 0.1) is 0 Å². The molecule has 6 aromatic rings. The Labute approximate surface area is 269 Å². The smallest absolute Gasteiger partial charge is 0.217 e. The normalized spacial score (nSPS) is 11.4. The second kappa shape index (κ2) is 14.9. The first kappa shape index (κ1) is 30.4. The third kappa shape index (κ3) is 7.05. The van der Waals surface area contributed by atoms with Crippen molar-refractivity contribution in [2.45, 2.75) is 38.2 Å². The summed E-state index contributed by atoms with van der Waals surface area (Å²) in [6.07, 6.45) is 8.48. The summed E-state index contributed by atoms with van der Waals surface area (Å²) in [6, 6.07) is 52.9. The summed E-state index contributed by atoms with van der Waals surface area (Å²) < 4.78 is 8.57. The van der Waals surface area contributed by atoms with Gasteiger partial charge in [-0.25, -0.2) is 0 Å². The lowest BCUT2D eigenvalue weighted by atomic mass is 9.58. The van der Waals surface area contributed by atoms with Crippen LogP contribution in [-0.2, 0) is 6.17 Å². The van der Waals surface area contributed by atoms with Crippen LogP contribution in [0.15, 0.2) is 158 Å². The summed E-state index contributed by atoms with van der Waals surface area (Å²) in [7, 11) is -1.75. The Kier molecular flexibility index (Phi) is 10.1. The van der Waals surface area contributed by atoms with Gasteiger partial charge in [0.1, 0.15) is 5.75 Å². The monoisotopic (exact) mass is 604 g/mol. The topological polar surface area (TPSA) is 27.1 Å². The molecule has 0 spiro atoms. The molecule has 224 valence electrons. The molecule has 45 heavy (non-hydrogen) atoms. The van der Waals surface area contributed by atoms with Crippen LogP contribution in [0.1, 0.15) is 43.1 Å². The summed E-state index contributed by atoms with van der Waals surface area (Å²) in [5.41, 5.74) is 3.72. The zero-order chi connectivity index (χ0) is 30.7. The highest BCUT2D eigenvalue weighted by molar-refractivity contribution is 7.10. The molecule has 1 aromatic heterocycles. The van der Waals surface area contributed by atoms with Crippen LogP contribution in [0.5, 0.6) is 5.75 Å². The summed E-state index contributed by atoms with van der Waals surface area (Å²) in [4.78, 5) is 5.00. The number of ether oxygens (including phenoxy) is 1. The van der Waals surface area contributed by atoms with Gasteiger partial charge in [-0.15, -0.1) is 0 Å². The maximum atomic E-state index is 6.14. The minimum Gasteiger partial charge on any atom is -0.494 e. The number of benzene rings is 5. The van der Waals surface area contributed by atoms with Crippen molar-refractivity contribution in [2.24, 2.45) is 0 Å². The molecule has 0 saturated heterocycles. The van der Waals surface area contributed by atoms with Crippen molar-refractivity contribution < 1.29 is 4.74 Å². The Morgan fingerprint density at radius 3 is 1.69 bits per heavy atom. The first-order valence-corrected chi connectivity index (χ1v) is 18.4. The first-order valence-electron chi connectivity index (χ1n) is 16.2. The predicted molar refractivity (Wildman–Crippen MR) is 193 cm³/mol. The van der Waals surface area contributed by atoms with Crippen molar-refractivity contribution in [1.82, 2.24) is 9.55 Å². The van der Waals surface area contributed by atoms with Crippen molar-refractivity contribution in [2.75, 3.05) is 6.61 Å². The zero-order valence-corrected chi connectivity index (χ0v) is 27.1. The van der Waals surface area contributed by atoms with E-state index in [2.05, 4.69) is 163 Å². The summed E-state index contributed by atoms with van der Waals surface area (Å²) in [5, 5.41) is 4.13. The molecule has 0 radical (unpaired) electrons. The second-order valence-electron chi connectivity index (χ2n) is 11.8. The van der Waals surface area contributed by atoms with Crippen LogP contribution in [0.4, 0.5) is 0 Å². The number of imidazole rings is 1. The van der Waals surface area contributed by atoms with Gasteiger partial charge in [0.15, 0.2) is 8.07 Å². The van der Waals surface area contributed by atoms with E-state index < -0.39 is 8.07 Å². The molecule has 0 fully saturated rings. The van der Waals surface area contributed by atoms with E-state index in [0.717, 1.165) is 37.9 Å². The average Bonchev–Trinajstić information content (AvgIpc) is 3.56. The van der Waals surface area contributed by atoms with E-state index in [0.29, 0.717) is 0 Å². The standard InChI is InChI=1S/C40H41BN2OSi/c1-2-3-16-31-44-35-25-27-38(28-26-35)45(36-21-12-6-13-22-36,37-23-14-7-15-24-37)32-43-30-29-42-40(43)41-39(33-17-8-4-9-18-33)34-19-10-5-11-20-34/h4-15,17-30,39,41H,2-3,16,31-32H2,1H3. The van der Waals surface area contributed by atoms with E-state index in [1.165, 1.54) is 39.5 Å². The molecule has 0 aliphatic carbocycles. The molecule has 0 bridgehead atoms. The molecule has 5 aromatic carbocycles. The van der Waals surface area contributed by atoms with Gasteiger partial charge in [-0.3, -0.25) is 4.98 Å². The highest BCUT2D eigenvalue weighted by atomic mass is 28.3. The van der Waals surface area contributed by atoms with Gasteiger partial charge in [0.2, 0.25) is 7.28 Å². The van der Waals surface area contributed by atoms with Gasteiger partial charge < -0.3 is 9.30 Å². The Bertz CT molecular complexity index is 1650. The minimum absolute atomic E-state index is 0.210. The van der Waals surface area contributed by atoms with Crippen LogP contribution in [0.3, 0.4) is 0 Å². The summed E-state index contributed by atoms with van der Waals surface area (Å²) in [6.45, 7) is 2.98.